The summed E-state index contributed by atoms with van der Waals surface area (Å²) in [5.41, 5.74) is 2.56. The molecule has 0 amide bonds. The number of benzene rings is 2. The van der Waals surface area contributed by atoms with E-state index >= 15 is 0 Å². The summed E-state index contributed by atoms with van der Waals surface area (Å²) in [5, 5.41) is 9.35. The summed E-state index contributed by atoms with van der Waals surface area (Å²) < 4.78 is 10.0. The highest BCUT2D eigenvalue weighted by Crippen LogP contribution is 2.21. The third-order valence-electron chi connectivity index (χ3n) is 3.51. The smallest absolute Gasteiger partial charge is 0.339 e. The highest BCUT2D eigenvalue weighted by molar-refractivity contribution is 6.16. The molecule has 4 nitrogen and oxygen atoms in total. The Kier molecular flexibility index (Phi) is 6.60. The third kappa shape index (κ3) is 5.11. The Balaban J connectivity index is 2.19. The third-order valence-corrected chi connectivity index (χ3v) is 3.51. The molecule has 0 atom stereocenters. The number of allylic oxidation sites excluding steroid dienone is 2. The van der Waals surface area contributed by atoms with Gasteiger partial charge in [-0.1, -0.05) is 60.7 Å². The minimum atomic E-state index is -1.03. The van der Waals surface area contributed by atoms with Crippen LogP contribution in [0.15, 0.2) is 66.9 Å². The van der Waals surface area contributed by atoms with Gasteiger partial charge < -0.3 is 14.6 Å². The van der Waals surface area contributed by atoms with Gasteiger partial charge in [0.2, 0.25) is 0 Å². The van der Waals surface area contributed by atoms with E-state index < -0.39 is 5.97 Å². The van der Waals surface area contributed by atoms with E-state index in [1.165, 1.54) is 13.4 Å². The van der Waals surface area contributed by atoms with E-state index in [1.807, 2.05) is 60.7 Å². The molecule has 0 aliphatic carbocycles. The Morgan fingerprint density at radius 1 is 0.960 bits per heavy atom. The number of ether oxygens (including phenoxy) is 2. The summed E-state index contributed by atoms with van der Waals surface area (Å²) in [6, 6.07) is 15.0. The maximum atomic E-state index is 11.4. The summed E-state index contributed by atoms with van der Waals surface area (Å²) in [7, 11) is 3.06. The fraction of sp³-hybridized carbons (Fsp3) is 0.0952. The van der Waals surface area contributed by atoms with Crippen LogP contribution in [0.2, 0.25) is 0 Å². The van der Waals surface area contributed by atoms with Crippen molar-refractivity contribution in [2.45, 2.75) is 0 Å². The largest absolute Gasteiger partial charge is 0.503 e. The van der Waals surface area contributed by atoms with Gasteiger partial charge in [0.15, 0.2) is 0 Å². The minimum Gasteiger partial charge on any atom is -0.503 e. The average molecular weight is 336 g/mol. The molecule has 2 aromatic rings. The number of rotatable bonds is 7. The summed E-state index contributed by atoms with van der Waals surface area (Å²) in [6.07, 6.45) is 8.83. The van der Waals surface area contributed by atoms with Gasteiger partial charge in [-0.05, 0) is 28.8 Å². The molecule has 0 bridgehead atoms. The lowest BCUT2D eigenvalue weighted by molar-refractivity contribution is -0.130. The van der Waals surface area contributed by atoms with Crippen molar-refractivity contribution in [3.05, 3.63) is 83.6 Å². The zero-order chi connectivity index (χ0) is 18.1. The quantitative estimate of drug-likeness (QED) is 0.460. The van der Waals surface area contributed by atoms with Crippen molar-refractivity contribution in [2.75, 3.05) is 14.2 Å². The molecule has 25 heavy (non-hydrogen) atoms. The van der Waals surface area contributed by atoms with Gasteiger partial charge in [-0.3, -0.25) is 0 Å². The lowest BCUT2D eigenvalue weighted by Gasteiger charge is -2.06. The van der Waals surface area contributed by atoms with Crippen molar-refractivity contribution >= 4 is 23.7 Å². The molecule has 2 rings (SSSR count). The zero-order valence-corrected chi connectivity index (χ0v) is 14.2. The second-order valence-electron chi connectivity index (χ2n) is 5.15. The van der Waals surface area contributed by atoms with Gasteiger partial charge in [-0.2, -0.15) is 0 Å². The number of carboxylic acid groups (broad SMARTS) is 1. The first kappa shape index (κ1) is 18.1. The molecular weight excluding hydrogens is 316 g/mol. The lowest BCUT2D eigenvalue weighted by atomic mass is 10.00. The summed E-state index contributed by atoms with van der Waals surface area (Å²) in [6.45, 7) is 0. The molecule has 2 aromatic carbocycles. The van der Waals surface area contributed by atoms with E-state index in [4.69, 9.17) is 9.47 Å². The van der Waals surface area contributed by atoms with Crippen molar-refractivity contribution in [1.29, 1.82) is 0 Å². The zero-order valence-electron chi connectivity index (χ0n) is 14.2. The van der Waals surface area contributed by atoms with E-state index in [0.29, 0.717) is 5.56 Å². The van der Waals surface area contributed by atoms with Crippen LogP contribution in [0.1, 0.15) is 16.7 Å². The van der Waals surface area contributed by atoms with Crippen molar-refractivity contribution < 1.29 is 19.4 Å². The summed E-state index contributed by atoms with van der Waals surface area (Å²) in [5.74, 6) is -0.218. The standard InChI is InChI=1S/C21H20O4/c1-24-15-20(21(22)23)19-10-6-5-9-17(19)8-4-3-7-16-11-13-18(25-2)14-12-16/h3-15H,1-2H3,(H,22,23)/b7-3+,8-4+,20-15+. The topological polar surface area (TPSA) is 55.8 Å². The molecule has 0 saturated heterocycles. The van der Waals surface area contributed by atoms with E-state index in [0.717, 1.165) is 16.9 Å². The van der Waals surface area contributed by atoms with Crippen molar-refractivity contribution in [3.8, 4) is 5.75 Å². The lowest BCUT2D eigenvalue weighted by Crippen LogP contribution is -2.02. The van der Waals surface area contributed by atoms with Gasteiger partial charge >= 0.3 is 5.97 Å². The fourth-order valence-electron chi connectivity index (χ4n) is 2.28. The van der Waals surface area contributed by atoms with E-state index in [1.54, 1.807) is 19.2 Å². The number of methoxy groups -OCH3 is 2. The molecule has 0 fully saturated rings. The van der Waals surface area contributed by atoms with Crippen molar-refractivity contribution in [3.63, 3.8) is 0 Å². The molecule has 0 unspecified atom stereocenters. The number of hydrogen-bond acceptors (Lipinski definition) is 3. The summed E-state index contributed by atoms with van der Waals surface area (Å²) in [4.78, 5) is 11.4. The van der Waals surface area contributed by atoms with Crippen LogP contribution in [0, 0.1) is 0 Å². The molecule has 0 aliphatic heterocycles. The van der Waals surface area contributed by atoms with Crippen molar-refractivity contribution in [1.82, 2.24) is 0 Å². The maximum Gasteiger partial charge on any atom is 0.339 e. The van der Waals surface area contributed by atoms with Gasteiger partial charge in [0.1, 0.15) is 11.3 Å². The van der Waals surface area contributed by atoms with E-state index in [-0.39, 0.29) is 5.57 Å². The second kappa shape index (κ2) is 9.13. The number of aliphatic carboxylic acids is 1. The van der Waals surface area contributed by atoms with Gasteiger partial charge in [0.05, 0.1) is 20.5 Å². The molecule has 128 valence electrons. The van der Waals surface area contributed by atoms with Crippen LogP contribution in [-0.4, -0.2) is 25.3 Å². The van der Waals surface area contributed by atoms with Crippen LogP contribution in [0.5, 0.6) is 5.75 Å². The van der Waals surface area contributed by atoms with E-state index in [9.17, 15) is 9.90 Å². The SMILES string of the molecule is CO/C=C(/C(=O)O)c1ccccc1/C=C/C=C/c1ccc(OC)cc1. The normalized spacial score (nSPS) is 11.8. The minimum absolute atomic E-state index is 0.113. The summed E-state index contributed by atoms with van der Waals surface area (Å²) >= 11 is 0. The molecule has 0 spiro atoms. The van der Waals surface area contributed by atoms with Gasteiger partial charge in [0.25, 0.3) is 0 Å². The van der Waals surface area contributed by atoms with Crippen LogP contribution < -0.4 is 4.74 Å². The average Bonchev–Trinajstić information content (AvgIpc) is 2.64. The monoisotopic (exact) mass is 336 g/mol. The molecule has 4 heteroatoms. The first-order valence-corrected chi connectivity index (χ1v) is 7.70. The first-order valence-electron chi connectivity index (χ1n) is 7.70. The highest BCUT2D eigenvalue weighted by atomic mass is 16.5. The molecule has 0 heterocycles. The predicted molar refractivity (Wildman–Crippen MR) is 100 cm³/mol. The Bertz CT molecular complexity index is 799. The Morgan fingerprint density at radius 2 is 1.64 bits per heavy atom. The Morgan fingerprint density at radius 3 is 2.28 bits per heavy atom. The first-order chi connectivity index (χ1) is 12.2. The second-order valence-corrected chi connectivity index (χ2v) is 5.15. The van der Waals surface area contributed by atoms with Crippen molar-refractivity contribution in [2.24, 2.45) is 0 Å². The number of hydrogen-bond donors (Lipinski definition) is 1. The van der Waals surface area contributed by atoms with Crippen LogP contribution in [-0.2, 0) is 9.53 Å². The molecular formula is C21H20O4. The van der Waals surface area contributed by atoms with Crippen LogP contribution in [0.3, 0.4) is 0 Å². The molecule has 0 radical (unpaired) electrons. The molecule has 0 aliphatic rings. The van der Waals surface area contributed by atoms with Crippen LogP contribution in [0.4, 0.5) is 0 Å². The molecule has 1 N–H and O–H groups in total. The van der Waals surface area contributed by atoms with Crippen LogP contribution in [0.25, 0.3) is 17.7 Å². The Labute approximate surface area is 147 Å². The fourth-order valence-corrected chi connectivity index (χ4v) is 2.28. The van der Waals surface area contributed by atoms with Gasteiger partial charge in [-0.25, -0.2) is 4.79 Å². The van der Waals surface area contributed by atoms with Gasteiger partial charge in [-0.15, -0.1) is 0 Å². The Hall–Kier alpha value is -3.27. The number of carboxylic acids is 1. The molecule has 0 aromatic heterocycles. The van der Waals surface area contributed by atoms with Gasteiger partial charge in [0, 0.05) is 0 Å². The highest BCUT2D eigenvalue weighted by Gasteiger charge is 2.13. The number of carbonyl (C=O) groups is 1. The van der Waals surface area contributed by atoms with E-state index in [2.05, 4.69) is 0 Å². The predicted octanol–water partition coefficient (Wildman–Crippen LogP) is 4.49. The van der Waals surface area contributed by atoms with Crippen LogP contribution >= 0.6 is 0 Å². The molecule has 0 saturated carbocycles. The maximum absolute atomic E-state index is 11.4.